The van der Waals surface area contributed by atoms with Gasteiger partial charge in [0.15, 0.2) is 0 Å². The molecule has 0 aromatic carbocycles. The maximum Gasteiger partial charge on any atom is 0.474 e. The maximum absolute atomic E-state index is 12.6. The Morgan fingerprint density at radius 3 is 2.60 bits per heavy atom. The van der Waals surface area contributed by atoms with Crippen LogP contribution in [-0.4, -0.2) is 27.9 Å². The van der Waals surface area contributed by atoms with Crippen molar-refractivity contribution < 1.29 is 22.7 Å². The molecule has 0 aromatic heterocycles. The molecule has 1 aliphatic heterocycles. The third-order valence-electron chi connectivity index (χ3n) is 3.29. The van der Waals surface area contributed by atoms with E-state index in [-0.39, 0.29) is 17.6 Å². The van der Waals surface area contributed by atoms with Crippen molar-refractivity contribution in [2.75, 3.05) is 0 Å². The molecule has 6 heteroatoms. The van der Waals surface area contributed by atoms with E-state index in [1.54, 1.807) is 0 Å². The molecule has 2 unspecified atom stereocenters. The maximum atomic E-state index is 12.6. The fourth-order valence-corrected chi connectivity index (χ4v) is 2.46. The van der Waals surface area contributed by atoms with E-state index >= 15 is 0 Å². The van der Waals surface area contributed by atoms with Gasteiger partial charge in [-0.2, -0.15) is 17.9 Å². The van der Waals surface area contributed by atoms with Gasteiger partial charge in [0, 0.05) is 13.3 Å². The third-order valence-corrected chi connectivity index (χ3v) is 3.29. The van der Waals surface area contributed by atoms with Gasteiger partial charge < -0.3 is 5.21 Å². The summed E-state index contributed by atoms with van der Waals surface area (Å²) in [6.07, 6.45) is -3.84. The molecule has 0 saturated heterocycles. The summed E-state index contributed by atoms with van der Waals surface area (Å²) in [6, 6.07) is 0. The van der Waals surface area contributed by atoms with Crippen molar-refractivity contribution in [3.63, 3.8) is 0 Å². The van der Waals surface area contributed by atoms with Crippen LogP contribution < -0.4 is 0 Å². The van der Waals surface area contributed by atoms with Crippen molar-refractivity contribution in [3.05, 3.63) is 5.21 Å². The number of ketones is 1. The standard InChI is InChI=1S/C9H10F3NO2/c1-8-4-2-3-5(7(8)14)6(13(8)15)9(10,11)12/h5H,2-4H2,1H3. The second-order valence-corrected chi connectivity index (χ2v) is 4.26. The summed E-state index contributed by atoms with van der Waals surface area (Å²) in [4.78, 5) is 11.6. The Morgan fingerprint density at radius 1 is 1.53 bits per heavy atom. The molecule has 0 aromatic rings. The molecule has 0 spiro atoms. The van der Waals surface area contributed by atoms with Crippen LogP contribution >= 0.6 is 0 Å². The van der Waals surface area contributed by atoms with Gasteiger partial charge in [-0.05, 0) is 12.8 Å². The van der Waals surface area contributed by atoms with E-state index in [0.717, 1.165) is 0 Å². The zero-order valence-corrected chi connectivity index (χ0v) is 8.10. The average Bonchev–Trinajstić information content (AvgIpc) is 2.25. The number of hydrogen-bond acceptors (Lipinski definition) is 2. The Labute approximate surface area is 84.2 Å². The first kappa shape index (κ1) is 10.4. The number of carbonyl (C=O) groups excluding carboxylic acids is 1. The van der Waals surface area contributed by atoms with E-state index < -0.39 is 29.1 Å². The van der Waals surface area contributed by atoms with Gasteiger partial charge in [0.1, 0.15) is 5.92 Å². The summed E-state index contributed by atoms with van der Waals surface area (Å²) in [6.45, 7) is 1.30. The highest BCUT2D eigenvalue weighted by atomic mass is 19.4. The van der Waals surface area contributed by atoms with Crippen molar-refractivity contribution in [2.45, 2.75) is 37.9 Å². The number of hydrogen-bond donors (Lipinski definition) is 0. The van der Waals surface area contributed by atoms with E-state index in [0.29, 0.717) is 6.42 Å². The molecule has 2 aliphatic rings. The second-order valence-electron chi connectivity index (χ2n) is 4.26. The van der Waals surface area contributed by atoms with Gasteiger partial charge in [-0.25, -0.2) is 0 Å². The summed E-state index contributed by atoms with van der Waals surface area (Å²) < 4.78 is 37.6. The Morgan fingerprint density at radius 2 is 2.13 bits per heavy atom. The summed E-state index contributed by atoms with van der Waals surface area (Å²) in [7, 11) is 0. The first-order chi connectivity index (χ1) is 6.78. The van der Waals surface area contributed by atoms with Crippen LogP contribution in [-0.2, 0) is 4.79 Å². The Balaban J connectivity index is 2.56. The molecule has 0 amide bonds. The highest BCUT2D eigenvalue weighted by molar-refractivity contribution is 6.12. The molecular formula is C9H10F3NO2. The number of rotatable bonds is 0. The lowest BCUT2D eigenvalue weighted by Gasteiger charge is -2.24. The fourth-order valence-electron chi connectivity index (χ4n) is 2.46. The molecule has 1 saturated carbocycles. The molecule has 1 aliphatic carbocycles. The average molecular weight is 221 g/mol. The zero-order chi connectivity index (χ0) is 11.4. The Kier molecular flexibility index (Phi) is 1.91. The van der Waals surface area contributed by atoms with Crippen LogP contribution in [0, 0.1) is 11.1 Å². The molecule has 0 radical (unpaired) electrons. The number of Topliss-reactive ketones (excluding diaryl/α,β-unsaturated/α-hetero) is 1. The summed E-state index contributed by atoms with van der Waals surface area (Å²) >= 11 is 0. The van der Waals surface area contributed by atoms with Crippen LogP contribution in [0.1, 0.15) is 26.2 Å². The number of halogens is 3. The van der Waals surface area contributed by atoms with E-state index in [1.807, 2.05) is 0 Å². The van der Waals surface area contributed by atoms with Crippen LogP contribution in [0.3, 0.4) is 0 Å². The first-order valence-electron chi connectivity index (χ1n) is 4.74. The van der Waals surface area contributed by atoms with Gasteiger partial charge in [0.25, 0.3) is 5.71 Å². The van der Waals surface area contributed by atoms with Crippen LogP contribution in [0.5, 0.6) is 0 Å². The molecule has 1 fully saturated rings. The Bertz CT molecular complexity index is 361. The van der Waals surface area contributed by atoms with Crippen molar-refractivity contribution in [2.24, 2.45) is 5.92 Å². The highest BCUT2D eigenvalue weighted by Crippen LogP contribution is 2.42. The molecule has 0 N–H and O–H groups in total. The second kappa shape index (κ2) is 2.74. The minimum absolute atomic E-state index is 0.104. The highest BCUT2D eigenvalue weighted by Gasteiger charge is 2.65. The van der Waals surface area contributed by atoms with Gasteiger partial charge in [-0.1, -0.05) is 0 Å². The molecule has 15 heavy (non-hydrogen) atoms. The largest absolute Gasteiger partial charge is 0.623 e. The summed E-state index contributed by atoms with van der Waals surface area (Å²) in [5.74, 6) is -1.81. The molecule has 2 bridgehead atoms. The minimum atomic E-state index is -4.69. The monoisotopic (exact) mass is 221 g/mol. The van der Waals surface area contributed by atoms with Crippen LogP contribution in [0.15, 0.2) is 0 Å². The lowest BCUT2D eigenvalue weighted by molar-refractivity contribution is -0.528. The number of carbonyl (C=O) groups is 1. The number of fused-ring (bicyclic) bond motifs is 2. The molecule has 84 valence electrons. The number of alkyl halides is 3. The van der Waals surface area contributed by atoms with Gasteiger partial charge in [-0.3, -0.25) is 4.79 Å². The molecule has 3 nitrogen and oxygen atoms in total. The van der Waals surface area contributed by atoms with E-state index in [4.69, 9.17) is 0 Å². The number of nitrogens with zero attached hydrogens (tertiary/aromatic N) is 1. The summed E-state index contributed by atoms with van der Waals surface area (Å²) in [5, 5.41) is 11.5. The van der Waals surface area contributed by atoms with Gasteiger partial charge in [0.2, 0.25) is 11.3 Å². The van der Waals surface area contributed by atoms with Crippen LogP contribution in [0.2, 0.25) is 0 Å². The molecule has 2 atom stereocenters. The molecule has 2 rings (SSSR count). The van der Waals surface area contributed by atoms with E-state index in [2.05, 4.69) is 0 Å². The third kappa shape index (κ3) is 1.20. The zero-order valence-electron chi connectivity index (χ0n) is 8.10. The predicted octanol–water partition coefficient (Wildman–Crippen LogP) is 1.64. The fraction of sp³-hybridized carbons (Fsp3) is 0.778. The van der Waals surface area contributed by atoms with Crippen molar-refractivity contribution in [3.8, 4) is 0 Å². The van der Waals surface area contributed by atoms with Gasteiger partial charge in [-0.15, -0.1) is 0 Å². The normalized spacial score (nSPS) is 36.3. The quantitative estimate of drug-likeness (QED) is 0.461. The Hall–Kier alpha value is -1.07. The van der Waals surface area contributed by atoms with Gasteiger partial charge in [0.05, 0.1) is 0 Å². The van der Waals surface area contributed by atoms with Crippen LogP contribution in [0.4, 0.5) is 13.2 Å². The van der Waals surface area contributed by atoms with Gasteiger partial charge >= 0.3 is 6.18 Å². The minimum Gasteiger partial charge on any atom is -0.623 e. The van der Waals surface area contributed by atoms with Crippen molar-refractivity contribution >= 4 is 11.5 Å². The SMILES string of the molecule is CC12CCCC(C1=O)C(C(F)(F)F)=[N+]2[O-]. The van der Waals surface area contributed by atoms with Crippen molar-refractivity contribution in [1.29, 1.82) is 0 Å². The molecule has 1 heterocycles. The smallest absolute Gasteiger partial charge is 0.474 e. The topological polar surface area (TPSA) is 43.1 Å². The lowest BCUT2D eigenvalue weighted by Crippen LogP contribution is -2.43. The first-order valence-corrected chi connectivity index (χ1v) is 4.74. The predicted molar refractivity (Wildman–Crippen MR) is 45.4 cm³/mol. The van der Waals surface area contributed by atoms with Crippen molar-refractivity contribution in [1.82, 2.24) is 0 Å². The summed E-state index contributed by atoms with van der Waals surface area (Å²) in [5.41, 5.74) is -2.68. The number of hydroxylamine groups is 1. The van der Waals surface area contributed by atoms with E-state index in [9.17, 15) is 23.2 Å². The van der Waals surface area contributed by atoms with Crippen LogP contribution in [0.25, 0.3) is 0 Å². The lowest BCUT2D eigenvalue weighted by atomic mass is 9.78. The van der Waals surface area contributed by atoms with E-state index in [1.165, 1.54) is 6.92 Å². The molecular weight excluding hydrogens is 211 g/mol.